The third kappa shape index (κ3) is 5.32. The summed E-state index contributed by atoms with van der Waals surface area (Å²) in [5, 5.41) is 10.5. The molecule has 0 radical (unpaired) electrons. The number of rotatable bonds is 7. The zero-order valence-corrected chi connectivity index (χ0v) is 17.0. The highest BCUT2D eigenvalue weighted by Gasteiger charge is 2.33. The van der Waals surface area contributed by atoms with E-state index in [1.807, 2.05) is 11.1 Å². The van der Waals surface area contributed by atoms with Gasteiger partial charge in [-0.05, 0) is 58.7 Å². The molecule has 2 heterocycles. The molecule has 6 nitrogen and oxygen atoms in total. The lowest BCUT2D eigenvalue weighted by atomic mass is 9.84. The van der Waals surface area contributed by atoms with Crippen molar-refractivity contribution in [3.05, 3.63) is 18.2 Å². The van der Waals surface area contributed by atoms with Crippen LogP contribution in [0.3, 0.4) is 0 Å². The standard InChI is InChI=1S/C21H36N4O2/c1-23(2)12-6-13-24-16-11-22-20(24)18-9-14-25(15-10-18)21(27)19(26)17-7-4-3-5-8-17/h11,16-19,26H,3-10,12-15H2,1-2H3/t19-/m1/s1. The lowest BCUT2D eigenvalue weighted by Gasteiger charge is -2.35. The van der Waals surface area contributed by atoms with E-state index in [1.54, 1.807) is 0 Å². The van der Waals surface area contributed by atoms with Crippen molar-refractivity contribution in [2.24, 2.45) is 5.92 Å². The maximum atomic E-state index is 12.7. The van der Waals surface area contributed by atoms with Crippen LogP contribution in [0.5, 0.6) is 0 Å². The topological polar surface area (TPSA) is 61.6 Å². The Kier molecular flexibility index (Phi) is 7.30. The highest BCUT2D eigenvalue weighted by molar-refractivity contribution is 5.81. The van der Waals surface area contributed by atoms with Gasteiger partial charge in [-0.1, -0.05) is 19.3 Å². The Balaban J connectivity index is 1.50. The number of amides is 1. The van der Waals surface area contributed by atoms with E-state index in [0.717, 1.165) is 76.9 Å². The Morgan fingerprint density at radius 3 is 2.59 bits per heavy atom. The summed E-state index contributed by atoms with van der Waals surface area (Å²) in [6, 6.07) is 0. The van der Waals surface area contributed by atoms with E-state index >= 15 is 0 Å². The Bertz CT molecular complexity index is 587. The maximum Gasteiger partial charge on any atom is 0.251 e. The van der Waals surface area contributed by atoms with E-state index in [9.17, 15) is 9.90 Å². The molecular formula is C21H36N4O2. The first-order chi connectivity index (χ1) is 13.1. The Morgan fingerprint density at radius 1 is 1.22 bits per heavy atom. The summed E-state index contributed by atoms with van der Waals surface area (Å²) in [7, 11) is 4.20. The van der Waals surface area contributed by atoms with Crippen molar-refractivity contribution >= 4 is 5.91 Å². The van der Waals surface area contributed by atoms with Gasteiger partial charge in [0.2, 0.25) is 0 Å². The van der Waals surface area contributed by atoms with Crippen LogP contribution in [-0.2, 0) is 11.3 Å². The Hall–Kier alpha value is -1.40. The van der Waals surface area contributed by atoms with Crippen molar-refractivity contribution in [3.63, 3.8) is 0 Å². The molecule has 0 unspecified atom stereocenters. The smallest absolute Gasteiger partial charge is 0.251 e. The van der Waals surface area contributed by atoms with Gasteiger partial charge in [-0.3, -0.25) is 4.79 Å². The first-order valence-corrected chi connectivity index (χ1v) is 10.7. The third-order valence-electron chi connectivity index (χ3n) is 6.27. The summed E-state index contributed by atoms with van der Waals surface area (Å²) in [6.07, 6.45) is 11.7. The summed E-state index contributed by atoms with van der Waals surface area (Å²) < 4.78 is 2.28. The molecule has 3 rings (SSSR count). The van der Waals surface area contributed by atoms with Gasteiger partial charge in [0.05, 0.1) is 0 Å². The van der Waals surface area contributed by atoms with E-state index in [2.05, 4.69) is 34.7 Å². The van der Waals surface area contributed by atoms with Crippen LogP contribution in [0.25, 0.3) is 0 Å². The molecule has 0 aromatic carbocycles. The quantitative estimate of drug-likeness (QED) is 0.794. The van der Waals surface area contributed by atoms with Crippen molar-refractivity contribution in [1.82, 2.24) is 19.4 Å². The second kappa shape index (κ2) is 9.69. The first-order valence-electron chi connectivity index (χ1n) is 10.7. The van der Waals surface area contributed by atoms with Crippen LogP contribution in [0.15, 0.2) is 12.4 Å². The molecule has 0 spiro atoms. The Labute approximate surface area is 163 Å². The van der Waals surface area contributed by atoms with E-state index in [-0.39, 0.29) is 11.8 Å². The van der Waals surface area contributed by atoms with Gasteiger partial charge in [0.15, 0.2) is 0 Å². The minimum atomic E-state index is -0.796. The van der Waals surface area contributed by atoms with Gasteiger partial charge < -0.3 is 19.5 Å². The van der Waals surface area contributed by atoms with Crippen LogP contribution in [-0.4, -0.2) is 70.2 Å². The second-order valence-electron chi connectivity index (χ2n) is 8.58. The molecule has 1 aromatic rings. The lowest BCUT2D eigenvalue weighted by molar-refractivity contribution is -0.144. The van der Waals surface area contributed by atoms with Crippen LogP contribution in [0.1, 0.15) is 63.1 Å². The van der Waals surface area contributed by atoms with Gasteiger partial charge in [0, 0.05) is 37.9 Å². The first kappa shape index (κ1) is 20.3. The molecule has 2 fully saturated rings. The predicted molar refractivity (Wildman–Crippen MR) is 107 cm³/mol. The fraction of sp³-hybridized carbons (Fsp3) is 0.810. The van der Waals surface area contributed by atoms with Gasteiger partial charge in [0.1, 0.15) is 11.9 Å². The van der Waals surface area contributed by atoms with Crippen molar-refractivity contribution in [1.29, 1.82) is 0 Å². The molecule has 152 valence electrons. The van der Waals surface area contributed by atoms with Crippen LogP contribution < -0.4 is 0 Å². The molecule has 1 saturated heterocycles. The van der Waals surface area contributed by atoms with Crippen LogP contribution in [0, 0.1) is 5.92 Å². The van der Waals surface area contributed by atoms with Crippen LogP contribution in [0.4, 0.5) is 0 Å². The summed E-state index contributed by atoms with van der Waals surface area (Å²) in [6.45, 7) is 3.53. The van der Waals surface area contributed by atoms with E-state index in [0.29, 0.717) is 5.92 Å². The SMILES string of the molecule is CN(C)CCCn1ccnc1C1CCN(C(=O)[C@H](O)C2CCCCC2)CC1. The second-order valence-corrected chi connectivity index (χ2v) is 8.58. The van der Waals surface area contributed by atoms with Crippen molar-refractivity contribution in [2.45, 2.75) is 69.9 Å². The largest absolute Gasteiger partial charge is 0.383 e. The summed E-state index contributed by atoms with van der Waals surface area (Å²) >= 11 is 0. The number of aliphatic hydroxyl groups is 1. The molecule has 27 heavy (non-hydrogen) atoms. The van der Waals surface area contributed by atoms with Crippen LogP contribution in [0.2, 0.25) is 0 Å². The number of aryl methyl sites for hydroxylation is 1. The number of piperidine rings is 1. The molecule has 1 aliphatic heterocycles. The van der Waals surface area contributed by atoms with Gasteiger partial charge in [-0.2, -0.15) is 0 Å². The normalized spacial score (nSPS) is 21.0. The highest BCUT2D eigenvalue weighted by Crippen LogP contribution is 2.30. The molecule has 1 aromatic heterocycles. The molecule has 1 aliphatic carbocycles. The molecule has 1 N–H and O–H groups in total. The molecule has 2 aliphatic rings. The number of hydrogen-bond donors (Lipinski definition) is 1. The van der Waals surface area contributed by atoms with Gasteiger partial charge in [0.25, 0.3) is 5.91 Å². The van der Waals surface area contributed by atoms with E-state index in [4.69, 9.17) is 0 Å². The monoisotopic (exact) mass is 376 g/mol. The average Bonchev–Trinajstić information content (AvgIpc) is 3.16. The number of carbonyl (C=O) groups is 1. The Morgan fingerprint density at radius 2 is 1.93 bits per heavy atom. The number of aliphatic hydroxyl groups excluding tert-OH is 1. The third-order valence-corrected chi connectivity index (χ3v) is 6.27. The molecular weight excluding hydrogens is 340 g/mol. The maximum absolute atomic E-state index is 12.7. The van der Waals surface area contributed by atoms with Gasteiger partial charge in [-0.15, -0.1) is 0 Å². The zero-order valence-electron chi connectivity index (χ0n) is 17.0. The van der Waals surface area contributed by atoms with Gasteiger partial charge >= 0.3 is 0 Å². The van der Waals surface area contributed by atoms with E-state index < -0.39 is 6.10 Å². The predicted octanol–water partition coefficient (Wildman–Crippen LogP) is 2.48. The molecule has 6 heteroatoms. The van der Waals surface area contributed by atoms with E-state index in [1.165, 1.54) is 6.42 Å². The van der Waals surface area contributed by atoms with Crippen molar-refractivity contribution in [2.75, 3.05) is 33.7 Å². The molecule has 1 saturated carbocycles. The number of likely N-dealkylation sites (tertiary alicyclic amines) is 1. The number of nitrogens with zero attached hydrogens (tertiary/aromatic N) is 4. The number of hydrogen-bond acceptors (Lipinski definition) is 4. The minimum Gasteiger partial charge on any atom is -0.383 e. The minimum absolute atomic E-state index is 0.0466. The van der Waals surface area contributed by atoms with Crippen molar-refractivity contribution in [3.8, 4) is 0 Å². The highest BCUT2D eigenvalue weighted by atomic mass is 16.3. The number of imidazole rings is 1. The summed E-state index contributed by atoms with van der Waals surface area (Å²) in [5.74, 6) is 1.69. The fourth-order valence-electron chi connectivity index (χ4n) is 4.62. The molecule has 0 bridgehead atoms. The van der Waals surface area contributed by atoms with Crippen molar-refractivity contribution < 1.29 is 9.90 Å². The van der Waals surface area contributed by atoms with Crippen LogP contribution >= 0.6 is 0 Å². The summed E-state index contributed by atoms with van der Waals surface area (Å²) in [4.78, 5) is 21.4. The lowest BCUT2D eigenvalue weighted by Crippen LogP contribution is -2.46. The number of aromatic nitrogens is 2. The average molecular weight is 377 g/mol. The summed E-state index contributed by atoms with van der Waals surface area (Å²) in [5.41, 5.74) is 0. The molecule has 1 atom stereocenters. The van der Waals surface area contributed by atoms with Gasteiger partial charge in [-0.25, -0.2) is 4.98 Å². The molecule has 1 amide bonds. The fourth-order valence-corrected chi connectivity index (χ4v) is 4.62. The zero-order chi connectivity index (χ0) is 19.2. The number of carbonyl (C=O) groups excluding carboxylic acids is 1.